The van der Waals surface area contributed by atoms with E-state index in [1.54, 1.807) is 0 Å². The minimum Gasteiger partial charge on any atom is -0.170 e. The van der Waals surface area contributed by atoms with E-state index in [1.165, 1.54) is 0 Å². The van der Waals surface area contributed by atoms with Gasteiger partial charge in [0.15, 0.2) is 0 Å². The van der Waals surface area contributed by atoms with E-state index in [1.807, 2.05) is 0 Å². The molecule has 0 saturated heterocycles. The molecule has 0 N–H and O–H groups in total. The molecule has 0 heterocycles. The Hall–Kier alpha value is 1.04. The van der Waals surface area contributed by atoms with E-state index in [4.69, 9.17) is 11.6 Å². The third kappa shape index (κ3) is 3.68. The van der Waals surface area contributed by atoms with E-state index < -0.39 is 15.3 Å². The van der Waals surface area contributed by atoms with Gasteiger partial charge < -0.3 is 0 Å². The minimum atomic E-state index is -4.28. The van der Waals surface area contributed by atoms with Gasteiger partial charge in [-0.25, -0.2) is 0 Å². The average molecular weight is 290 g/mol. The SMILES string of the molecule is FC(F)(F)[C@@H](Br)[C@H](Cl)Br. The van der Waals surface area contributed by atoms with E-state index >= 15 is 0 Å². The van der Waals surface area contributed by atoms with Crippen molar-refractivity contribution in [3.8, 4) is 0 Å². The minimum absolute atomic E-state index is 1.11. The first-order valence-corrected chi connectivity index (χ1v) is 4.11. The van der Waals surface area contributed by atoms with Crippen molar-refractivity contribution in [1.82, 2.24) is 0 Å². The van der Waals surface area contributed by atoms with E-state index in [0.29, 0.717) is 0 Å². The van der Waals surface area contributed by atoms with Crippen molar-refractivity contribution in [3.05, 3.63) is 0 Å². The van der Waals surface area contributed by atoms with Gasteiger partial charge in [0.1, 0.15) is 9.11 Å². The summed E-state index contributed by atoms with van der Waals surface area (Å²) in [4.78, 5) is -1.69. The van der Waals surface area contributed by atoms with Crippen LogP contribution < -0.4 is 0 Å². The first kappa shape index (κ1) is 10.0. The normalized spacial score (nSPS) is 19.3. The van der Waals surface area contributed by atoms with Crippen LogP contribution in [-0.4, -0.2) is 15.3 Å². The van der Waals surface area contributed by atoms with Crippen LogP contribution in [0.2, 0.25) is 0 Å². The second-order valence-electron chi connectivity index (χ2n) is 1.28. The van der Waals surface area contributed by atoms with Gasteiger partial charge in [0.2, 0.25) is 0 Å². The fourth-order valence-corrected chi connectivity index (χ4v) is 0.585. The maximum Gasteiger partial charge on any atom is 0.403 e. The van der Waals surface area contributed by atoms with E-state index in [9.17, 15) is 13.2 Å². The van der Waals surface area contributed by atoms with Gasteiger partial charge in [-0.05, 0) is 0 Å². The third-order valence-corrected chi connectivity index (χ3v) is 3.38. The molecule has 9 heavy (non-hydrogen) atoms. The molecular weight excluding hydrogens is 288 g/mol. The Kier molecular flexibility index (Phi) is 3.83. The Morgan fingerprint density at radius 2 is 1.56 bits per heavy atom. The fraction of sp³-hybridized carbons (Fsp3) is 1.00. The Morgan fingerprint density at radius 3 is 1.56 bits per heavy atom. The fourth-order valence-electron chi connectivity index (χ4n) is 0.143. The quantitative estimate of drug-likeness (QED) is 0.650. The van der Waals surface area contributed by atoms with Gasteiger partial charge in [0.05, 0.1) is 0 Å². The summed E-state index contributed by atoms with van der Waals surface area (Å²) in [6.45, 7) is 0. The van der Waals surface area contributed by atoms with Crippen LogP contribution in [0.3, 0.4) is 0 Å². The monoisotopic (exact) mass is 288 g/mol. The summed E-state index contributed by atoms with van der Waals surface area (Å²) in [5, 5.41) is 0. The molecular formula is C3H2Br2ClF3. The standard InChI is InChI=1S/C3H2Br2ClF3/c4-1(2(5)6)3(7,8)9/h1-2H/t1-,2-/m0/s1. The zero-order chi connectivity index (χ0) is 7.65. The highest BCUT2D eigenvalue weighted by molar-refractivity contribution is 9.12. The molecule has 0 amide bonds. The van der Waals surface area contributed by atoms with Gasteiger partial charge in [-0.3, -0.25) is 0 Å². The maximum atomic E-state index is 11.5. The van der Waals surface area contributed by atoms with Gasteiger partial charge in [-0.15, -0.1) is 11.6 Å². The van der Waals surface area contributed by atoms with Crippen LogP contribution in [0.4, 0.5) is 13.2 Å². The van der Waals surface area contributed by atoms with Crippen molar-refractivity contribution in [2.24, 2.45) is 0 Å². The van der Waals surface area contributed by atoms with E-state index in [2.05, 4.69) is 31.9 Å². The molecule has 0 spiro atoms. The van der Waals surface area contributed by atoms with E-state index in [-0.39, 0.29) is 0 Å². The highest BCUT2D eigenvalue weighted by atomic mass is 79.9. The van der Waals surface area contributed by atoms with Crippen molar-refractivity contribution in [2.45, 2.75) is 15.3 Å². The summed E-state index contributed by atoms with van der Waals surface area (Å²) in [6.07, 6.45) is -4.28. The lowest BCUT2D eigenvalue weighted by Crippen LogP contribution is -2.27. The molecule has 6 heteroatoms. The smallest absolute Gasteiger partial charge is 0.170 e. The lowest BCUT2D eigenvalue weighted by atomic mass is 10.5. The summed E-state index contributed by atoms with van der Waals surface area (Å²) in [5.74, 6) is 0. The molecule has 56 valence electrons. The Morgan fingerprint density at radius 1 is 1.22 bits per heavy atom. The van der Waals surface area contributed by atoms with Gasteiger partial charge in [-0.2, -0.15) is 13.2 Å². The Labute approximate surface area is 72.0 Å². The molecule has 0 aromatic rings. The molecule has 2 atom stereocenters. The maximum absolute atomic E-state index is 11.5. The average Bonchev–Trinajstić information content (AvgIpc) is 1.62. The van der Waals surface area contributed by atoms with Crippen molar-refractivity contribution in [3.63, 3.8) is 0 Å². The molecule has 0 aliphatic rings. The summed E-state index contributed by atoms with van der Waals surface area (Å²) in [6, 6.07) is 0. The van der Waals surface area contributed by atoms with Gasteiger partial charge in [0, 0.05) is 0 Å². The van der Waals surface area contributed by atoms with Crippen LogP contribution in [0, 0.1) is 0 Å². The highest BCUT2D eigenvalue weighted by Crippen LogP contribution is 2.33. The number of halogens is 6. The van der Waals surface area contributed by atoms with Crippen molar-refractivity contribution in [2.75, 3.05) is 0 Å². The van der Waals surface area contributed by atoms with Crippen LogP contribution in [0.25, 0.3) is 0 Å². The zero-order valence-corrected chi connectivity index (χ0v) is 7.85. The van der Waals surface area contributed by atoms with Crippen molar-refractivity contribution < 1.29 is 13.2 Å². The molecule has 0 bridgehead atoms. The molecule has 0 unspecified atom stereocenters. The second kappa shape index (κ2) is 3.44. The summed E-state index contributed by atoms with van der Waals surface area (Å²) in [5.41, 5.74) is 0. The first-order valence-electron chi connectivity index (χ1n) is 1.84. The molecule has 0 rings (SSSR count). The van der Waals surface area contributed by atoms with Crippen molar-refractivity contribution in [1.29, 1.82) is 0 Å². The van der Waals surface area contributed by atoms with Gasteiger partial charge >= 0.3 is 6.18 Å². The largest absolute Gasteiger partial charge is 0.403 e. The third-order valence-electron chi connectivity index (χ3n) is 0.534. The molecule has 0 radical (unpaired) electrons. The number of hydrogen-bond donors (Lipinski definition) is 0. The van der Waals surface area contributed by atoms with Gasteiger partial charge in [0.25, 0.3) is 0 Å². The Bertz CT molecular complexity index is 91.5. The lowest BCUT2D eigenvalue weighted by molar-refractivity contribution is -0.124. The molecule has 0 saturated carbocycles. The van der Waals surface area contributed by atoms with Crippen LogP contribution in [0.1, 0.15) is 0 Å². The summed E-state index contributed by atoms with van der Waals surface area (Å²) < 4.78 is 33.5. The summed E-state index contributed by atoms with van der Waals surface area (Å²) >= 11 is 10.00. The second-order valence-corrected chi connectivity index (χ2v) is 4.25. The molecule has 0 aromatic carbocycles. The number of hydrogen-bond acceptors (Lipinski definition) is 0. The van der Waals surface area contributed by atoms with Crippen LogP contribution in [-0.2, 0) is 0 Å². The highest BCUT2D eigenvalue weighted by Gasteiger charge is 2.41. The number of rotatable bonds is 1. The predicted molar refractivity (Wildman–Crippen MR) is 37.3 cm³/mol. The zero-order valence-electron chi connectivity index (χ0n) is 3.92. The molecule has 0 aromatic heterocycles. The van der Waals surface area contributed by atoms with Crippen LogP contribution in [0.5, 0.6) is 0 Å². The topological polar surface area (TPSA) is 0 Å². The van der Waals surface area contributed by atoms with Crippen LogP contribution >= 0.6 is 43.5 Å². The lowest BCUT2D eigenvalue weighted by Gasteiger charge is -2.13. The van der Waals surface area contributed by atoms with Crippen molar-refractivity contribution >= 4 is 43.5 Å². The van der Waals surface area contributed by atoms with Gasteiger partial charge in [-0.1, -0.05) is 31.9 Å². The van der Waals surface area contributed by atoms with Crippen LogP contribution in [0.15, 0.2) is 0 Å². The first-order chi connectivity index (χ1) is 3.85. The summed E-state index contributed by atoms with van der Waals surface area (Å²) in [7, 11) is 0. The molecule has 0 aliphatic carbocycles. The molecule has 0 aliphatic heterocycles. The molecule has 0 fully saturated rings. The predicted octanol–water partition coefficient (Wildman–Crippen LogP) is 3.27. The number of alkyl halides is 6. The Balaban J connectivity index is 3.88. The molecule has 0 nitrogen and oxygen atoms in total. The van der Waals surface area contributed by atoms with E-state index in [0.717, 1.165) is 0 Å².